The monoisotopic (exact) mass is 344 g/mol. The summed E-state index contributed by atoms with van der Waals surface area (Å²) >= 11 is 0. The average Bonchev–Trinajstić information content (AvgIpc) is 3.12. The van der Waals surface area contributed by atoms with Gasteiger partial charge >= 0.3 is 5.69 Å². The molecular weight excluding hydrogens is 320 g/mol. The van der Waals surface area contributed by atoms with Crippen molar-refractivity contribution in [2.24, 2.45) is 0 Å². The molecule has 1 N–H and O–H groups in total. The summed E-state index contributed by atoms with van der Waals surface area (Å²) in [6.45, 7) is 8.24. The molecule has 0 spiro atoms. The summed E-state index contributed by atoms with van der Waals surface area (Å²) in [5, 5.41) is 4.02. The molecule has 0 radical (unpaired) electrons. The minimum atomic E-state index is -0.344. The fraction of sp³-hybridized carbons (Fsp3) is 0.556. The van der Waals surface area contributed by atoms with Crippen LogP contribution in [0.1, 0.15) is 59.3 Å². The van der Waals surface area contributed by atoms with Crippen molar-refractivity contribution in [3.05, 3.63) is 44.5 Å². The maximum atomic E-state index is 12.8. The van der Waals surface area contributed by atoms with Crippen LogP contribution >= 0.6 is 0 Å². The number of amides is 1. The van der Waals surface area contributed by atoms with Crippen LogP contribution in [0.5, 0.6) is 0 Å². The first kappa shape index (κ1) is 17.4. The van der Waals surface area contributed by atoms with E-state index in [1.165, 1.54) is 0 Å². The van der Waals surface area contributed by atoms with E-state index < -0.39 is 0 Å². The third-order valence-corrected chi connectivity index (χ3v) is 5.04. The maximum absolute atomic E-state index is 12.8. The number of H-pyrrole nitrogens is 1. The number of aromatic amines is 1. The molecule has 1 aliphatic heterocycles. The summed E-state index contributed by atoms with van der Waals surface area (Å²) < 4.78 is 5.28. The zero-order chi connectivity index (χ0) is 18.1. The number of nitrogens with zero attached hydrogens (tertiary/aromatic N) is 3. The molecule has 1 atom stereocenters. The first-order valence-electron chi connectivity index (χ1n) is 8.67. The lowest BCUT2D eigenvalue weighted by atomic mass is 10.0. The Morgan fingerprint density at radius 2 is 2.04 bits per heavy atom. The Labute approximate surface area is 146 Å². The van der Waals surface area contributed by atoms with E-state index in [1.807, 2.05) is 32.6 Å². The van der Waals surface area contributed by atoms with E-state index in [1.54, 1.807) is 0 Å². The maximum Gasteiger partial charge on any atom is 0.345 e. The Morgan fingerprint density at radius 1 is 1.28 bits per heavy atom. The Bertz CT molecular complexity index is 807. The molecule has 1 saturated heterocycles. The Kier molecular flexibility index (Phi) is 4.74. The van der Waals surface area contributed by atoms with Gasteiger partial charge in [0.05, 0.1) is 11.7 Å². The molecule has 1 amide bonds. The van der Waals surface area contributed by atoms with Gasteiger partial charge in [-0.2, -0.15) is 4.98 Å². The average molecular weight is 344 g/mol. The molecule has 7 heteroatoms. The lowest BCUT2D eigenvalue weighted by Gasteiger charge is -2.25. The zero-order valence-electron chi connectivity index (χ0n) is 15.2. The third kappa shape index (κ3) is 3.36. The highest BCUT2D eigenvalue weighted by Crippen LogP contribution is 2.36. The van der Waals surface area contributed by atoms with Gasteiger partial charge in [0.15, 0.2) is 0 Å². The van der Waals surface area contributed by atoms with E-state index in [0.29, 0.717) is 18.5 Å². The predicted molar refractivity (Wildman–Crippen MR) is 92.3 cm³/mol. The Balaban J connectivity index is 1.74. The summed E-state index contributed by atoms with van der Waals surface area (Å²) in [5.41, 5.74) is 3.98. The third-order valence-electron chi connectivity index (χ3n) is 5.04. The van der Waals surface area contributed by atoms with Crippen LogP contribution in [0.4, 0.5) is 0 Å². The fourth-order valence-electron chi connectivity index (χ4n) is 3.83. The summed E-state index contributed by atoms with van der Waals surface area (Å²) in [5.74, 6) is 0.909. The van der Waals surface area contributed by atoms with Crippen LogP contribution in [-0.2, 0) is 11.2 Å². The van der Waals surface area contributed by atoms with Crippen molar-refractivity contribution in [3.8, 4) is 0 Å². The number of likely N-dealkylation sites (tertiary alicyclic amines) is 1. The van der Waals surface area contributed by atoms with Crippen molar-refractivity contribution >= 4 is 5.91 Å². The summed E-state index contributed by atoms with van der Waals surface area (Å²) in [6.07, 6.45) is 2.89. The quantitative estimate of drug-likeness (QED) is 0.919. The number of carbonyl (C=O) groups is 1. The molecule has 25 heavy (non-hydrogen) atoms. The lowest BCUT2D eigenvalue weighted by molar-refractivity contribution is -0.132. The normalized spacial score (nSPS) is 17.3. The number of hydrogen-bond acceptors (Lipinski definition) is 5. The van der Waals surface area contributed by atoms with E-state index in [-0.39, 0.29) is 17.6 Å². The van der Waals surface area contributed by atoms with Crippen LogP contribution in [0.2, 0.25) is 0 Å². The van der Waals surface area contributed by atoms with E-state index >= 15 is 0 Å². The van der Waals surface area contributed by atoms with Crippen molar-refractivity contribution < 1.29 is 9.32 Å². The van der Waals surface area contributed by atoms with Gasteiger partial charge in [0.2, 0.25) is 5.91 Å². The zero-order valence-corrected chi connectivity index (χ0v) is 15.2. The summed E-state index contributed by atoms with van der Waals surface area (Å²) in [7, 11) is 0. The molecule has 0 bridgehead atoms. The minimum absolute atomic E-state index is 0.0506. The van der Waals surface area contributed by atoms with Crippen molar-refractivity contribution in [1.82, 2.24) is 20.0 Å². The van der Waals surface area contributed by atoms with Gasteiger partial charge < -0.3 is 14.4 Å². The first-order chi connectivity index (χ1) is 11.9. The second-order valence-electron chi connectivity index (χ2n) is 6.71. The summed E-state index contributed by atoms with van der Waals surface area (Å²) in [4.78, 5) is 32.8. The van der Waals surface area contributed by atoms with Gasteiger partial charge in [0, 0.05) is 29.9 Å². The second-order valence-corrected chi connectivity index (χ2v) is 6.71. The molecule has 3 rings (SSSR count). The molecule has 2 aromatic heterocycles. The van der Waals surface area contributed by atoms with Crippen LogP contribution in [0, 0.1) is 27.7 Å². The number of hydrogen-bond donors (Lipinski definition) is 1. The Hall–Kier alpha value is -2.44. The Morgan fingerprint density at radius 3 is 2.68 bits per heavy atom. The van der Waals surface area contributed by atoms with Crippen molar-refractivity contribution in [2.75, 3.05) is 6.54 Å². The number of nitrogens with one attached hydrogen (secondary N) is 1. The van der Waals surface area contributed by atoms with Crippen LogP contribution < -0.4 is 5.69 Å². The fourth-order valence-corrected chi connectivity index (χ4v) is 3.83. The number of carbonyl (C=O) groups excluding carboxylic acids is 1. The number of aryl methyl sites for hydroxylation is 4. The molecule has 0 aliphatic carbocycles. The van der Waals surface area contributed by atoms with Gasteiger partial charge in [0.25, 0.3) is 0 Å². The molecule has 1 fully saturated rings. The van der Waals surface area contributed by atoms with Gasteiger partial charge in [-0.3, -0.25) is 4.79 Å². The molecule has 0 saturated carbocycles. The van der Waals surface area contributed by atoms with Crippen molar-refractivity contribution in [2.45, 2.75) is 59.4 Å². The van der Waals surface area contributed by atoms with Gasteiger partial charge in [-0.25, -0.2) is 4.79 Å². The molecule has 0 aromatic carbocycles. The molecule has 3 heterocycles. The topological polar surface area (TPSA) is 92.1 Å². The molecule has 134 valence electrons. The number of aromatic nitrogens is 3. The largest absolute Gasteiger partial charge is 0.361 e. The van der Waals surface area contributed by atoms with Crippen molar-refractivity contribution in [1.29, 1.82) is 0 Å². The van der Waals surface area contributed by atoms with E-state index in [9.17, 15) is 9.59 Å². The van der Waals surface area contributed by atoms with Crippen LogP contribution in [0.25, 0.3) is 0 Å². The van der Waals surface area contributed by atoms with Gasteiger partial charge in [-0.15, -0.1) is 0 Å². The molecule has 1 aliphatic rings. The standard InChI is InChI=1S/C18H24N4O3/c1-10-14(11(2)20-18(24)19-10)7-8-16(23)22-9-5-6-15(22)17-12(3)21-25-13(17)4/h15H,5-9H2,1-4H3,(H,19,20,24). The lowest BCUT2D eigenvalue weighted by Crippen LogP contribution is -2.31. The molecule has 7 nitrogen and oxygen atoms in total. The van der Waals surface area contributed by atoms with Gasteiger partial charge in [-0.05, 0) is 52.5 Å². The van der Waals surface area contributed by atoms with Crippen LogP contribution in [-0.4, -0.2) is 32.5 Å². The van der Waals surface area contributed by atoms with Crippen molar-refractivity contribution in [3.63, 3.8) is 0 Å². The molecule has 2 aromatic rings. The highest BCUT2D eigenvalue weighted by Gasteiger charge is 2.33. The van der Waals surface area contributed by atoms with E-state index in [4.69, 9.17) is 4.52 Å². The van der Waals surface area contributed by atoms with Gasteiger partial charge in [0.1, 0.15) is 5.76 Å². The SMILES string of the molecule is Cc1nc(=O)[nH]c(C)c1CCC(=O)N1CCCC1c1c(C)noc1C. The second kappa shape index (κ2) is 6.82. The van der Waals surface area contributed by atoms with Gasteiger partial charge in [-0.1, -0.05) is 5.16 Å². The molecule has 1 unspecified atom stereocenters. The first-order valence-corrected chi connectivity index (χ1v) is 8.67. The van der Waals surface area contributed by atoms with E-state index in [0.717, 1.165) is 47.7 Å². The van der Waals surface area contributed by atoms with E-state index in [2.05, 4.69) is 15.1 Å². The van der Waals surface area contributed by atoms with Crippen LogP contribution in [0.15, 0.2) is 9.32 Å². The smallest absolute Gasteiger partial charge is 0.345 e. The minimum Gasteiger partial charge on any atom is -0.361 e. The predicted octanol–water partition coefficient (Wildman–Crippen LogP) is 2.29. The van der Waals surface area contributed by atoms with Crippen LogP contribution in [0.3, 0.4) is 0 Å². The molecular formula is C18H24N4O3. The number of rotatable bonds is 4. The summed E-state index contributed by atoms with van der Waals surface area (Å²) in [6, 6.07) is 0.0506. The highest BCUT2D eigenvalue weighted by atomic mass is 16.5. The highest BCUT2D eigenvalue weighted by molar-refractivity contribution is 5.77.